The van der Waals surface area contributed by atoms with Crippen LogP contribution in [0.4, 0.5) is 0 Å². The number of piperidine rings is 1. The molecule has 0 spiro atoms. The average Bonchev–Trinajstić information content (AvgIpc) is 3.16. The van der Waals surface area contributed by atoms with E-state index in [1.807, 2.05) is 12.1 Å². The third-order valence-electron chi connectivity index (χ3n) is 4.63. The van der Waals surface area contributed by atoms with Gasteiger partial charge < -0.3 is 20.5 Å². The van der Waals surface area contributed by atoms with Gasteiger partial charge in [0.05, 0.1) is 0 Å². The molecule has 1 fully saturated rings. The molecule has 9 heteroatoms. The summed E-state index contributed by atoms with van der Waals surface area (Å²) in [6.07, 6.45) is 3.08. The molecule has 7 nitrogen and oxygen atoms in total. The standard InChI is InChI=1S/C19H23ClN4O3.ClH/c20-14-5-3-4-13(10-14)17-11-16(23-27-17)19(26)24-9-2-1-6-15(24)12-22-18(25)7-8-21;/h3-5,10-11,15H,1-2,6-9,12,21H2,(H,22,25);1H. The Hall–Kier alpha value is -2.09. The van der Waals surface area contributed by atoms with Gasteiger partial charge >= 0.3 is 0 Å². The van der Waals surface area contributed by atoms with E-state index in [0.29, 0.717) is 30.4 Å². The van der Waals surface area contributed by atoms with Crippen molar-refractivity contribution in [3.05, 3.63) is 41.0 Å². The maximum absolute atomic E-state index is 12.9. The number of hydrogen-bond donors (Lipinski definition) is 2. The van der Waals surface area contributed by atoms with Gasteiger partial charge in [-0.25, -0.2) is 0 Å². The van der Waals surface area contributed by atoms with Crippen LogP contribution in [0.1, 0.15) is 36.2 Å². The Morgan fingerprint density at radius 2 is 2.14 bits per heavy atom. The number of carbonyl (C=O) groups excluding carboxylic acids is 2. The second-order valence-corrected chi connectivity index (χ2v) is 7.01. The summed E-state index contributed by atoms with van der Waals surface area (Å²) in [6, 6.07) is 8.76. The van der Waals surface area contributed by atoms with Gasteiger partial charge in [-0.2, -0.15) is 0 Å². The number of amides is 2. The molecular weight excluding hydrogens is 403 g/mol. The second kappa shape index (κ2) is 10.5. The van der Waals surface area contributed by atoms with Crippen LogP contribution in [0.25, 0.3) is 11.3 Å². The van der Waals surface area contributed by atoms with E-state index in [-0.39, 0.29) is 42.4 Å². The van der Waals surface area contributed by atoms with Crippen LogP contribution < -0.4 is 11.1 Å². The highest BCUT2D eigenvalue weighted by molar-refractivity contribution is 6.30. The van der Waals surface area contributed by atoms with Crippen LogP contribution in [0.2, 0.25) is 5.02 Å². The van der Waals surface area contributed by atoms with Crippen LogP contribution in [-0.4, -0.2) is 47.5 Å². The van der Waals surface area contributed by atoms with Crippen LogP contribution in [0.3, 0.4) is 0 Å². The molecule has 2 aromatic rings. The predicted octanol–water partition coefficient (Wildman–Crippen LogP) is 2.88. The molecule has 28 heavy (non-hydrogen) atoms. The summed E-state index contributed by atoms with van der Waals surface area (Å²) >= 11 is 6.01. The van der Waals surface area contributed by atoms with Crippen LogP contribution in [0.15, 0.2) is 34.9 Å². The zero-order valence-electron chi connectivity index (χ0n) is 15.4. The van der Waals surface area contributed by atoms with Gasteiger partial charge in [-0.3, -0.25) is 9.59 Å². The minimum absolute atomic E-state index is 0. The van der Waals surface area contributed by atoms with Gasteiger partial charge in [-0.15, -0.1) is 12.4 Å². The largest absolute Gasteiger partial charge is 0.355 e. The van der Waals surface area contributed by atoms with Crippen LogP contribution in [0, 0.1) is 0 Å². The van der Waals surface area contributed by atoms with Gasteiger partial charge in [0.15, 0.2) is 11.5 Å². The highest BCUT2D eigenvalue weighted by Gasteiger charge is 2.29. The molecule has 0 bridgehead atoms. The first kappa shape index (κ1) is 22.2. The molecule has 0 radical (unpaired) electrons. The van der Waals surface area contributed by atoms with E-state index in [1.54, 1.807) is 23.1 Å². The average molecular weight is 427 g/mol. The van der Waals surface area contributed by atoms with E-state index in [9.17, 15) is 9.59 Å². The molecule has 2 amide bonds. The maximum Gasteiger partial charge on any atom is 0.276 e. The predicted molar refractivity (Wildman–Crippen MR) is 110 cm³/mol. The second-order valence-electron chi connectivity index (χ2n) is 6.58. The van der Waals surface area contributed by atoms with Crippen molar-refractivity contribution < 1.29 is 14.1 Å². The van der Waals surface area contributed by atoms with E-state index in [4.69, 9.17) is 21.9 Å². The monoisotopic (exact) mass is 426 g/mol. The van der Waals surface area contributed by atoms with Crippen molar-refractivity contribution in [2.75, 3.05) is 19.6 Å². The van der Waals surface area contributed by atoms with Crippen molar-refractivity contribution in [1.29, 1.82) is 0 Å². The van der Waals surface area contributed by atoms with Gasteiger partial charge in [0.1, 0.15) is 0 Å². The van der Waals surface area contributed by atoms with Crippen molar-refractivity contribution in [2.45, 2.75) is 31.7 Å². The number of likely N-dealkylation sites (tertiary alicyclic amines) is 1. The van der Waals surface area contributed by atoms with E-state index in [1.165, 1.54) is 0 Å². The molecule has 1 aliphatic heterocycles. The number of rotatable bonds is 6. The molecular formula is C19H24Cl2N4O3. The summed E-state index contributed by atoms with van der Waals surface area (Å²) in [7, 11) is 0. The summed E-state index contributed by atoms with van der Waals surface area (Å²) in [6.45, 7) is 1.36. The first-order valence-electron chi connectivity index (χ1n) is 9.09. The number of nitrogens with two attached hydrogens (primary N) is 1. The third-order valence-corrected chi connectivity index (χ3v) is 4.87. The lowest BCUT2D eigenvalue weighted by Gasteiger charge is -2.35. The third kappa shape index (κ3) is 5.47. The van der Waals surface area contributed by atoms with Gasteiger partial charge in [0.25, 0.3) is 5.91 Å². The topological polar surface area (TPSA) is 101 Å². The Balaban J connectivity index is 0.00000280. The molecule has 0 saturated carbocycles. The fraction of sp³-hybridized carbons (Fsp3) is 0.421. The normalized spacial score (nSPS) is 16.4. The fourth-order valence-electron chi connectivity index (χ4n) is 3.23. The highest BCUT2D eigenvalue weighted by atomic mass is 35.5. The number of benzene rings is 1. The van der Waals surface area contributed by atoms with E-state index >= 15 is 0 Å². The van der Waals surface area contributed by atoms with Crippen LogP contribution in [-0.2, 0) is 4.79 Å². The van der Waals surface area contributed by atoms with Gasteiger partial charge in [0.2, 0.25) is 5.91 Å². The summed E-state index contributed by atoms with van der Waals surface area (Å²) in [5, 5.41) is 7.38. The maximum atomic E-state index is 12.9. The van der Waals surface area contributed by atoms with Gasteiger partial charge in [-0.05, 0) is 31.4 Å². The van der Waals surface area contributed by atoms with Crippen LogP contribution in [0.5, 0.6) is 0 Å². The Kier molecular flexibility index (Phi) is 8.29. The van der Waals surface area contributed by atoms with Crippen LogP contribution >= 0.6 is 24.0 Å². The van der Waals surface area contributed by atoms with E-state index in [0.717, 1.165) is 24.8 Å². The lowest BCUT2D eigenvalue weighted by molar-refractivity contribution is -0.121. The molecule has 3 rings (SSSR count). The molecule has 2 heterocycles. The molecule has 152 valence electrons. The number of nitrogens with zero attached hydrogens (tertiary/aromatic N) is 2. The zero-order chi connectivity index (χ0) is 19.2. The molecule has 1 aromatic carbocycles. The van der Waals surface area contributed by atoms with Crippen molar-refractivity contribution in [2.24, 2.45) is 5.73 Å². The number of carbonyl (C=O) groups is 2. The molecule has 1 atom stereocenters. The van der Waals surface area contributed by atoms with Gasteiger partial charge in [-0.1, -0.05) is 28.9 Å². The smallest absolute Gasteiger partial charge is 0.276 e. The lowest BCUT2D eigenvalue weighted by atomic mass is 10.0. The Morgan fingerprint density at radius 3 is 2.89 bits per heavy atom. The Morgan fingerprint density at radius 1 is 1.32 bits per heavy atom. The molecule has 1 saturated heterocycles. The summed E-state index contributed by atoms with van der Waals surface area (Å²) in [5.74, 6) is 0.204. The minimum atomic E-state index is -0.190. The molecule has 1 unspecified atom stereocenters. The minimum Gasteiger partial charge on any atom is -0.355 e. The first-order valence-corrected chi connectivity index (χ1v) is 9.46. The Bertz CT molecular complexity index is 812. The summed E-state index contributed by atoms with van der Waals surface area (Å²) in [5.41, 5.74) is 6.41. The van der Waals surface area contributed by atoms with Crippen molar-refractivity contribution in [3.63, 3.8) is 0 Å². The Labute approximate surface area is 175 Å². The van der Waals surface area contributed by atoms with Gasteiger partial charge in [0, 0.05) is 48.7 Å². The first-order chi connectivity index (χ1) is 13.1. The lowest BCUT2D eigenvalue weighted by Crippen LogP contribution is -2.49. The molecule has 1 aromatic heterocycles. The number of halogens is 2. The van der Waals surface area contributed by atoms with E-state index < -0.39 is 0 Å². The number of nitrogens with one attached hydrogen (secondary N) is 1. The summed E-state index contributed by atoms with van der Waals surface area (Å²) in [4.78, 5) is 26.4. The highest BCUT2D eigenvalue weighted by Crippen LogP contribution is 2.25. The zero-order valence-corrected chi connectivity index (χ0v) is 17.0. The van der Waals surface area contributed by atoms with E-state index in [2.05, 4.69) is 10.5 Å². The van der Waals surface area contributed by atoms with Crippen molar-refractivity contribution in [1.82, 2.24) is 15.4 Å². The van der Waals surface area contributed by atoms with Crippen molar-refractivity contribution >= 4 is 35.8 Å². The summed E-state index contributed by atoms with van der Waals surface area (Å²) < 4.78 is 5.34. The quantitative estimate of drug-likeness (QED) is 0.738. The molecule has 3 N–H and O–H groups in total. The number of hydrogen-bond acceptors (Lipinski definition) is 5. The SMILES string of the molecule is Cl.NCCC(=O)NCC1CCCCN1C(=O)c1cc(-c2cccc(Cl)c2)on1. The molecule has 0 aliphatic carbocycles. The fourth-order valence-corrected chi connectivity index (χ4v) is 3.42. The molecule has 1 aliphatic rings. The van der Waals surface area contributed by atoms with Crippen molar-refractivity contribution in [3.8, 4) is 11.3 Å². The number of aromatic nitrogens is 1.